The van der Waals surface area contributed by atoms with E-state index in [0.717, 1.165) is 40.6 Å². The first-order valence-corrected chi connectivity index (χ1v) is 11.9. The molecule has 0 radical (unpaired) electrons. The number of aryl methyl sites for hydroxylation is 2. The van der Waals surface area contributed by atoms with Crippen molar-refractivity contribution in [3.05, 3.63) is 53.1 Å². The summed E-state index contributed by atoms with van der Waals surface area (Å²) in [6.07, 6.45) is 2.85. The molecule has 0 saturated carbocycles. The Kier molecular flexibility index (Phi) is 5.42. The van der Waals surface area contributed by atoms with Crippen LogP contribution in [-0.4, -0.2) is 36.7 Å². The number of thiazole rings is 1. The number of fused-ring (bicyclic) bond motifs is 1. The molecule has 29 heavy (non-hydrogen) atoms. The van der Waals surface area contributed by atoms with Crippen LogP contribution in [0.3, 0.4) is 0 Å². The van der Waals surface area contributed by atoms with E-state index in [1.165, 1.54) is 27.8 Å². The number of aromatic nitrogens is 1. The largest absolute Gasteiger partial charge is 0.298 e. The maximum absolute atomic E-state index is 12.7. The lowest BCUT2D eigenvalue weighted by atomic mass is 10.1. The number of piperidine rings is 1. The minimum absolute atomic E-state index is 0.224. The van der Waals surface area contributed by atoms with Crippen molar-refractivity contribution < 1.29 is 13.2 Å². The SMILES string of the molecule is Cc1cc(C)c2sc(NC(=O)c3ccc(S(=O)(=O)N4CCCCC4)cc3)nc2c1. The van der Waals surface area contributed by atoms with E-state index in [9.17, 15) is 13.2 Å². The topological polar surface area (TPSA) is 79.4 Å². The van der Waals surface area contributed by atoms with E-state index in [1.807, 2.05) is 19.9 Å². The summed E-state index contributed by atoms with van der Waals surface area (Å²) < 4.78 is 28.0. The second-order valence-corrected chi connectivity index (χ2v) is 10.3. The highest BCUT2D eigenvalue weighted by atomic mass is 32.2. The number of sulfonamides is 1. The molecule has 6 nitrogen and oxygen atoms in total. The molecule has 0 spiro atoms. The van der Waals surface area contributed by atoms with Gasteiger partial charge in [0.25, 0.3) is 5.91 Å². The zero-order valence-electron chi connectivity index (χ0n) is 16.4. The van der Waals surface area contributed by atoms with Crippen molar-refractivity contribution in [1.82, 2.24) is 9.29 Å². The fraction of sp³-hybridized carbons (Fsp3) is 0.333. The molecule has 4 rings (SSSR count). The van der Waals surface area contributed by atoms with Crippen LogP contribution >= 0.6 is 11.3 Å². The third kappa shape index (κ3) is 4.05. The van der Waals surface area contributed by atoms with E-state index < -0.39 is 10.0 Å². The number of anilines is 1. The number of benzene rings is 2. The molecule has 0 unspecified atom stereocenters. The maximum atomic E-state index is 12.7. The van der Waals surface area contributed by atoms with Gasteiger partial charge >= 0.3 is 0 Å². The lowest BCUT2D eigenvalue weighted by Crippen LogP contribution is -2.35. The number of hydrogen-bond acceptors (Lipinski definition) is 5. The predicted molar refractivity (Wildman–Crippen MR) is 116 cm³/mol. The van der Waals surface area contributed by atoms with Crippen LogP contribution in [0.5, 0.6) is 0 Å². The average Bonchev–Trinajstić information content (AvgIpc) is 3.11. The summed E-state index contributed by atoms with van der Waals surface area (Å²) in [6, 6.07) is 10.2. The molecule has 2 aromatic carbocycles. The van der Waals surface area contributed by atoms with Gasteiger partial charge in [0.15, 0.2) is 5.13 Å². The molecular formula is C21H23N3O3S2. The minimum atomic E-state index is -3.50. The Morgan fingerprint density at radius 1 is 1.07 bits per heavy atom. The fourth-order valence-corrected chi connectivity index (χ4v) is 6.06. The number of hydrogen-bond donors (Lipinski definition) is 1. The summed E-state index contributed by atoms with van der Waals surface area (Å²) in [5, 5.41) is 3.36. The monoisotopic (exact) mass is 429 g/mol. The molecule has 3 aromatic rings. The molecule has 1 amide bonds. The number of rotatable bonds is 4. The summed E-state index contributed by atoms with van der Waals surface area (Å²) in [4.78, 5) is 17.3. The van der Waals surface area contributed by atoms with Crippen LogP contribution in [0.2, 0.25) is 0 Å². The van der Waals surface area contributed by atoms with Crippen molar-refractivity contribution in [3.63, 3.8) is 0 Å². The number of carbonyl (C=O) groups excluding carboxylic acids is 1. The van der Waals surface area contributed by atoms with Crippen LogP contribution in [0, 0.1) is 13.8 Å². The first-order valence-electron chi connectivity index (χ1n) is 9.64. The van der Waals surface area contributed by atoms with Crippen molar-refractivity contribution in [3.8, 4) is 0 Å². The van der Waals surface area contributed by atoms with Gasteiger partial charge in [0, 0.05) is 18.7 Å². The van der Waals surface area contributed by atoms with Crippen molar-refractivity contribution in [1.29, 1.82) is 0 Å². The molecule has 1 fully saturated rings. The second-order valence-electron chi connectivity index (χ2n) is 7.39. The van der Waals surface area contributed by atoms with Crippen molar-refractivity contribution in [2.45, 2.75) is 38.0 Å². The summed E-state index contributed by atoms with van der Waals surface area (Å²) in [7, 11) is -3.50. The van der Waals surface area contributed by atoms with E-state index in [2.05, 4.69) is 16.4 Å². The first kappa shape index (κ1) is 20.0. The van der Waals surface area contributed by atoms with Crippen LogP contribution in [-0.2, 0) is 10.0 Å². The summed E-state index contributed by atoms with van der Waals surface area (Å²) >= 11 is 1.44. The Morgan fingerprint density at radius 2 is 1.76 bits per heavy atom. The first-order chi connectivity index (χ1) is 13.8. The molecule has 0 bridgehead atoms. The third-order valence-corrected chi connectivity index (χ3v) is 8.14. The van der Waals surface area contributed by atoms with E-state index in [4.69, 9.17) is 0 Å². The van der Waals surface area contributed by atoms with Gasteiger partial charge in [-0.1, -0.05) is 23.8 Å². The van der Waals surface area contributed by atoms with Crippen molar-refractivity contribution >= 4 is 42.6 Å². The van der Waals surface area contributed by atoms with Gasteiger partial charge in [0.1, 0.15) is 0 Å². The Hall–Kier alpha value is -2.29. The standard InChI is InChI=1S/C21H23N3O3S2/c1-14-12-15(2)19-18(13-14)22-21(28-19)23-20(25)16-6-8-17(9-7-16)29(26,27)24-10-4-3-5-11-24/h6-9,12-13H,3-5,10-11H2,1-2H3,(H,22,23,25). The fourth-order valence-electron chi connectivity index (χ4n) is 3.63. The van der Waals surface area contributed by atoms with Gasteiger partial charge in [0.2, 0.25) is 10.0 Å². The number of nitrogens with one attached hydrogen (secondary N) is 1. The van der Waals surface area contributed by atoms with E-state index >= 15 is 0 Å². The normalized spacial score (nSPS) is 15.5. The van der Waals surface area contributed by atoms with Crippen LogP contribution in [0.15, 0.2) is 41.3 Å². The molecule has 0 aliphatic carbocycles. The Balaban J connectivity index is 1.52. The molecule has 2 heterocycles. The average molecular weight is 430 g/mol. The summed E-state index contributed by atoms with van der Waals surface area (Å²) in [5.41, 5.74) is 3.52. The van der Waals surface area contributed by atoms with Crippen molar-refractivity contribution in [2.75, 3.05) is 18.4 Å². The Labute approximate surface area is 174 Å². The van der Waals surface area contributed by atoms with Gasteiger partial charge in [-0.15, -0.1) is 0 Å². The summed E-state index contributed by atoms with van der Waals surface area (Å²) in [5.74, 6) is -0.305. The molecular weight excluding hydrogens is 406 g/mol. The highest BCUT2D eigenvalue weighted by Gasteiger charge is 2.26. The molecule has 152 valence electrons. The third-order valence-electron chi connectivity index (χ3n) is 5.11. The van der Waals surface area contributed by atoms with Gasteiger partial charge < -0.3 is 0 Å². The Morgan fingerprint density at radius 3 is 2.45 bits per heavy atom. The van der Waals surface area contributed by atoms with Crippen LogP contribution in [0.1, 0.15) is 40.7 Å². The maximum Gasteiger partial charge on any atom is 0.257 e. The zero-order valence-corrected chi connectivity index (χ0v) is 18.1. The highest BCUT2D eigenvalue weighted by Crippen LogP contribution is 2.30. The number of carbonyl (C=O) groups is 1. The highest BCUT2D eigenvalue weighted by molar-refractivity contribution is 7.89. The van der Waals surface area contributed by atoms with Crippen molar-refractivity contribution in [2.24, 2.45) is 0 Å². The van der Waals surface area contributed by atoms with Gasteiger partial charge in [-0.3, -0.25) is 10.1 Å². The molecule has 1 aliphatic rings. The van der Waals surface area contributed by atoms with Crippen LogP contribution in [0.4, 0.5) is 5.13 Å². The molecule has 0 atom stereocenters. The molecule has 1 aromatic heterocycles. The Bertz CT molecular complexity index is 1160. The quantitative estimate of drug-likeness (QED) is 0.669. The van der Waals surface area contributed by atoms with Gasteiger partial charge in [-0.05, 0) is 68.1 Å². The van der Waals surface area contributed by atoms with Gasteiger partial charge in [-0.25, -0.2) is 13.4 Å². The predicted octanol–water partition coefficient (Wildman–Crippen LogP) is 4.34. The zero-order chi connectivity index (χ0) is 20.6. The van der Waals surface area contributed by atoms with E-state index in [0.29, 0.717) is 23.8 Å². The lowest BCUT2D eigenvalue weighted by Gasteiger charge is -2.25. The smallest absolute Gasteiger partial charge is 0.257 e. The van der Waals surface area contributed by atoms with Crippen LogP contribution < -0.4 is 5.32 Å². The molecule has 1 saturated heterocycles. The minimum Gasteiger partial charge on any atom is -0.298 e. The number of nitrogens with zero attached hydrogens (tertiary/aromatic N) is 2. The number of amides is 1. The summed E-state index contributed by atoms with van der Waals surface area (Å²) in [6.45, 7) is 5.16. The van der Waals surface area contributed by atoms with E-state index in [1.54, 1.807) is 12.1 Å². The van der Waals surface area contributed by atoms with Crippen LogP contribution in [0.25, 0.3) is 10.2 Å². The van der Waals surface area contributed by atoms with Gasteiger partial charge in [0.05, 0.1) is 15.1 Å². The van der Waals surface area contributed by atoms with E-state index in [-0.39, 0.29) is 10.8 Å². The van der Waals surface area contributed by atoms with Gasteiger partial charge in [-0.2, -0.15) is 4.31 Å². The molecule has 1 N–H and O–H groups in total. The second kappa shape index (κ2) is 7.85. The molecule has 1 aliphatic heterocycles. The molecule has 8 heteroatoms. The lowest BCUT2D eigenvalue weighted by molar-refractivity contribution is 0.102.